The quantitative estimate of drug-likeness (QED) is 0.747. The zero-order valence-corrected chi connectivity index (χ0v) is 18.9. The third-order valence-corrected chi connectivity index (χ3v) is 6.57. The minimum atomic E-state index is -0.232. The molecule has 1 fully saturated rings. The Kier molecular flexibility index (Phi) is 5.43. The highest BCUT2D eigenvalue weighted by molar-refractivity contribution is 6.30. The summed E-state index contributed by atoms with van der Waals surface area (Å²) in [4.78, 5) is 27.7. The number of anilines is 1. The summed E-state index contributed by atoms with van der Waals surface area (Å²) in [6, 6.07) is 5.95. The van der Waals surface area contributed by atoms with Crippen molar-refractivity contribution in [3.8, 4) is 0 Å². The number of benzene rings is 1. The maximum Gasteiger partial charge on any atom is 0.287 e. The van der Waals surface area contributed by atoms with Crippen molar-refractivity contribution in [2.24, 2.45) is 11.3 Å². The van der Waals surface area contributed by atoms with E-state index in [-0.39, 0.29) is 22.9 Å². The van der Waals surface area contributed by atoms with Crippen LogP contribution in [0.4, 0.5) is 5.69 Å². The molecule has 1 unspecified atom stereocenters. The van der Waals surface area contributed by atoms with E-state index in [2.05, 4.69) is 31.0 Å². The first-order chi connectivity index (χ1) is 14.1. The molecule has 1 amide bonds. The van der Waals surface area contributed by atoms with Crippen LogP contribution in [0.15, 0.2) is 22.6 Å². The molecule has 0 saturated carbocycles. The normalized spacial score (nSPS) is 20.4. The number of fused-ring (bicyclic) bond motifs is 1. The van der Waals surface area contributed by atoms with E-state index >= 15 is 0 Å². The molecule has 6 heteroatoms. The molecule has 1 atom stereocenters. The number of rotatable bonds is 4. The van der Waals surface area contributed by atoms with Crippen LogP contribution in [0.2, 0.25) is 5.02 Å². The van der Waals surface area contributed by atoms with Crippen molar-refractivity contribution in [1.29, 1.82) is 0 Å². The highest BCUT2D eigenvalue weighted by Crippen LogP contribution is 2.38. The van der Waals surface area contributed by atoms with Gasteiger partial charge in [-0.2, -0.15) is 0 Å². The number of furan rings is 1. The van der Waals surface area contributed by atoms with Gasteiger partial charge in [-0.05, 0) is 49.3 Å². The molecule has 2 heterocycles. The van der Waals surface area contributed by atoms with Gasteiger partial charge in [-0.1, -0.05) is 31.5 Å². The minimum Gasteiger partial charge on any atom is -0.455 e. The van der Waals surface area contributed by atoms with Crippen LogP contribution in [0.25, 0.3) is 0 Å². The lowest BCUT2D eigenvalue weighted by Gasteiger charge is -2.27. The molecule has 0 spiro atoms. The molecule has 1 N–H and O–H groups in total. The lowest BCUT2D eigenvalue weighted by Crippen LogP contribution is -2.31. The number of hydrogen-bond donors (Lipinski definition) is 1. The van der Waals surface area contributed by atoms with Gasteiger partial charge < -0.3 is 14.6 Å². The molecule has 4 rings (SSSR count). The predicted octanol–water partition coefficient (Wildman–Crippen LogP) is 4.96. The fraction of sp³-hybridized carbons (Fsp3) is 0.500. The molecule has 1 aliphatic carbocycles. The monoisotopic (exact) mass is 428 g/mol. The van der Waals surface area contributed by atoms with Gasteiger partial charge in [-0.3, -0.25) is 9.59 Å². The van der Waals surface area contributed by atoms with E-state index in [4.69, 9.17) is 16.0 Å². The predicted molar refractivity (Wildman–Crippen MR) is 119 cm³/mol. The molecule has 1 saturated heterocycles. The van der Waals surface area contributed by atoms with E-state index in [9.17, 15) is 9.59 Å². The molecular weight excluding hydrogens is 400 g/mol. The first-order valence-electron chi connectivity index (χ1n) is 10.6. The van der Waals surface area contributed by atoms with E-state index in [1.54, 1.807) is 0 Å². The fourth-order valence-electron chi connectivity index (χ4n) is 4.76. The number of Topliss-reactive ketones (excluding diaryl/α,β-unsaturated/α-hetero) is 1. The highest BCUT2D eigenvalue weighted by Gasteiger charge is 2.37. The molecular formula is C24H29ClN2O3. The lowest BCUT2D eigenvalue weighted by atomic mass is 9.76. The average molecular weight is 429 g/mol. The highest BCUT2D eigenvalue weighted by atomic mass is 35.5. The van der Waals surface area contributed by atoms with Gasteiger partial charge in [-0.15, -0.1) is 0 Å². The summed E-state index contributed by atoms with van der Waals surface area (Å²) in [5, 5.41) is 3.77. The van der Waals surface area contributed by atoms with E-state index in [1.165, 1.54) is 5.56 Å². The number of nitrogens with one attached hydrogen (secondary N) is 1. The number of halogens is 1. The summed E-state index contributed by atoms with van der Waals surface area (Å²) >= 11 is 6.17. The van der Waals surface area contributed by atoms with Gasteiger partial charge in [0, 0.05) is 48.7 Å². The molecule has 2 aromatic rings. The van der Waals surface area contributed by atoms with Crippen molar-refractivity contribution in [1.82, 2.24) is 5.32 Å². The number of ketones is 1. The second kappa shape index (κ2) is 7.77. The Morgan fingerprint density at radius 3 is 2.83 bits per heavy atom. The zero-order valence-electron chi connectivity index (χ0n) is 18.1. The number of carbonyl (C=O) groups excluding carboxylic acids is 2. The number of aryl methyl sites for hydroxylation is 1. The van der Waals surface area contributed by atoms with Gasteiger partial charge in [0.15, 0.2) is 11.5 Å². The van der Waals surface area contributed by atoms with E-state index < -0.39 is 0 Å². The molecule has 160 valence electrons. The Morgan fingerprint density at radius 1 is 1.30 bits per heavy atom. The van der Waals surface area contributed by atoms with Gasteiger partial charge in [0.25, 0.3) is 5.91 Å². The summed E-state index contributed by atoms with van der Waals surface area (Å²) in [5.74, 6) is 1.14. The second-order valence-electron chi connectivity index (χ2n) is 9.54. The molecule has 1 aromatic carbocycles. The van der Waals surface area contributed by atoms with Crippen molar-refractivity contribution < 1.29 is 14.0 Å². The smallest absolute Gasteiger partial charge is 0.287 e. The van der Waals surface area contributed by atoms with Crippen LogP contribution < -0.4 is 10.2 Å². The average Bonchev–Trinajstić information content (AvgIpc) is 3.25. The molecule has 30 heavy (non-hydrogen) atoms. The summed E-state index contributed by atoms with van der Waals surface area (Å²) in [6.45, 7) is 10.4. The Hall–Kier alpha value is -2.27. The van der Waals surface area contributed by atoms with Gasteiger partial charge in [0.2, 0.25) is 0 Å². The van der Waals surface area contributed by atoms with Gasteiger partial charge >= 0.3 is 0 Å². The number of amides is 1. The van der Waals surface area contributed by atoms with Crippen LogP contribution in [0.5, 0.6) is 0 Å². The maximum absolute atomic E-state index is 12.8. The van der Waals surface area contributed by atoms with Crippen LogP contribution in [-0.2, 0) is 6.42 Å². The Morgan fingerprint density at radius 2 is 2.07 bits per heavy atom. The number of carbonyl (C=O) groups is 2. The maximum atomic E-state index is 12.8. The lowest BCUT2D eigenvalue weighted by molar-refractivity contribution is 0.0887. The SMILES string of the molecule is Cc1ccc(Cl)cc1N1CCC(CNC(=O)c2oc3c(c2C)C(=O)CC(C)(C)C3)C1. The summed E-state index contributed by atoms with van der Waals surface area (Å²) in [6.07, 6.45) is 2.17. The van der Waals surface area contributed by atoms with E-state index in [0.717, 1.165) is 30.2 Å². The first kappa shape index (κ1) is 21.0. The number of hydrogen-bond acceptors (Lipinski definition) is 4. The molecule has 1 aliphatic heterocycles. The topological polar surface area (TPSA) is 62.6 Å². The molecule has 0 radical (unpaired) electrons. The van der Waals surface area contributed by atoms with Crippen LogP contribution >= 0.6 is 11.6 Å². The van der Waals surface area contributed by atoms with Crippen molar-refractivity contribution in [3.63, 3.8) is 0 Å². The Bertz CT molecular complexity index is 1010. The van der Waals surface area contributed by atoms with Crippen molar-refractivity contribution in [2.75, 3.05) is 24.5 Å². The summed E-state index contributed by atoms with van der Waals surface area (Å²) < 4.78 is 5.88. The van der Waals surface area contributed by atoms with E-state index in [1.807, 2.05) is 25.1 Å². The van der Waals surface area contributed by atoms with Crippen LogP contribution in [-0.4, -0.2) is 31.3 Å². The fourth-order valence-corrected chi connectivity index (χ4v) is 4.92. The third-order valence-electron chi connectivity index (χ3n) is 6.33. The second-order valence-corrected chi connectivity index (χ2v) is 9.97. The van der Waals surface area contributed by atoms with Crippen LogP contribution in [0.1, 0.15) is 64.5 Å². The van der Waals surface area contributed by atoms with Gasteiger partial charge in [-0.25, -0.2) is 0 Å². The zero-order chi connectivity index (χ0) is 21.6. The summed E-state index contributed by atoms with van der Waals surface area (Å²) in [7, 11) is 0. The van der Waals surface area contributed by atoms with Crippen LogP contribution in [0.3, 0.4) is 0 Å². The standard InChI is InChI=1S/C24H29ClN2O3/c1-14-5-6-17(25)9-18(14)27-8-7-16(13-27)12-26-23(29)22-15(2)21-19(28)10-24(3,4)11-20(21)30-22/h5-6,9,16H,7-8,10-13H2,1-4H3,(H,26,29). The molecule has 5 nitrogen and oxygen atoms in total. The Balaban J connectivity index is 1.40. The number of nitrogens with zero attached hydrogens (tertiary/aromatic N) is 1. The first-order valence-corrected chi connectivity index (χ1v) is 11.0. The van der Waals surface area contributed by atoms with E-state index in [0.29, 0.717) is 42.2 Å². The Labute approximate surface area is 182 Å². The van der Waals surface area contributed by atoms with Crippen molar-refractivity contribution in [2.45, 2.75) is 47.0 Å². The molecule has 2 aliphatic rings. The minimum absolute atomic E-state index is 0.0740. The van der Waals surface area contributed by atoms with Gasteiger partial charge in [0.1, 0.15) is 5.76 Å². The van der Waals surface area contributed by atoms with Crippen molar-refractivity contribution >= 4 is 29.0 Å². The van der Waals surface area contributed by atoms with Crippen molar-refractivity contribution in [3.05, 3.63) is 51.4 Å². The molecule has 1 aromatic heterocycles. The largest absolute Gasteiger partial charge is 0.455 e. The third kappa shape index (κ3) is 4.00. The van der Waals surface area contributed by atoms with Crippen LogP contribution in [0, 0.1) is 25.2 Å². The summed E-state index contributed by atoms with van der Waals surface area (Å²) in [5.41, 5.74) is 3.52. The van der Waals surface area contributed by atoms with Gasteiger partial charge in [0.05, 0.1) is 5.56 Å². The molecule has 0 bridgehead atoms.